The lowest BCUT2D eigenvalue weighted by molar-refractivity contribution is 0.0892. The quantitative estimate of drug-likeness (QED) is 0.666. The second-order valence-corrected chi connectivity index (χ2v) is 6.83. The van der Waals surface area contributed by atoms with E-state index in [2.05, 4.69) is 10.00 Å². The lowest BCUT2D eigenvalue weighted by atomic mass is 10.1. The van der Waals surface area contributed by atoms with E-state index in [9.17, 15) is 0 Å². The van der Waals surface area contributed by atoms with E-state index in [0.29, 0.717) is 11.9 Å². The number of nitrogens with zero attached hydrogens (tertiary/aromatic N) is 4. The maximum absolute atomic E-state index is 5.96. The maximum Gasteiger partial charge on any atom is 0.230 e. The number of ether oxygens (including phenoxy) is 2. The molecule has 4 rings (SSSR count). The average molecular weight is 368 g/mol. The molecule has 0 N–H and O–H groups in total. The summed E-state index contributed by atoms with van der Waals surface area (Å²) >= 11 is 0. The molecule has 1 saturated heterocycles. The van der Waals surface area contributed by atoms with E-state index < -0.39 is 0 Å². The van der Waals surface area contributed by atoms with E-state index in [-0.39, 0.29) is 0 Å². The first-order chi connectivity index (χ1) is 13.1. The van der Waals surface area contributed by atoms with Crippen LogP contribution in [0, 0.1) is 13.8 Å². The number of methoxy groups -OCH3 is 2. The first-order valence-electron chi connectivity index (χ1n) is 9.00. The van der Waals surface area contributed by atoms with Crippen LogP contribution in [-0.4, -0.2) is 47.0 Å². The summed E-state index contributed by atoms with van der Waals surface area (Å²) < 4.78 is 18.9. The molecule has 2 aromatic heterocycles. The highest BCUT2D eigenvalue weighted by molar-refractivity contribution is 5.68. The fourth-order valence-corrected chi connectivity index (χ4v) is 3.56. The van der Waals surface area contributed by atoms with Crippen LogP contribution >= 0.6 is 0 Å². The van der Waals surface area contributed by atoms with Crippen molar-refractivity contribution in [1.29, 1.82) is 0 Å². The van der Waals surface area contributed by atoms with E-state index in [0.717, 1.165) is 53.7 Å². The molecule has 1 aromatic carbocycles. The minimum atomic E-state index is 0.441. The zero-order valence-electron chi connectivity index (χ0n) is 16.1. The van der Waals surface area contributed by atoms with Crippen LogP contribution in [0.3, 0.4) is 0 Å². The summed E-state index contributed by atoms with van der Waals surface area (Å²) in [5.74, 6) is 2.92. The summed E-state index contributed by atoms with van der Waals surface area (Å²) in [5.41, 5.74) is 2.72. The van der Waals surface area contributed by atoms with Gasteiger partial charge < -0.3 is 13.9 Å². The van der Waals surface area contributed by atoms with Crippen molar-refractivity contribution in [2.24, 2.45) is 0 Å². The Morgan fingerprint density at radius 2 is 2.00 bits per heavy atom. The van der Waals surface area contributed by atoms with Gasteiger partial charge >= 0.3 is 0 Å². The summed E-state index contributed by atoms with van der Waals surface area (Å²) in [7, 11) is 3.30. The molecule has 0 unspecified atom stereocenters. The summed E-state index contributed by atoms with van der Waals surface area (Å²) in [5, 5.41) is 4.31. The third-order valence-corrected chi connectivity index (χ3v) is 5.11. The van der Waals surface area contributed by atoms with Crippen LogP contribution in [0.25, 0.3) is 11.5 Å². The predicted octanol–water partition coefficient (Wildman–Crippen LogP) is 3.23. The van der Waals surface area contributed by atoms with Crippen molar-refractivity contribution in [2.75, 3.05) is 27.3 Å². The Morgan fingerprint density at radius 1 is 1.19 bits per heavy atom. The van der Waals surface area contributed by atoms with Crippen LogP contribution in [0.15, 0.2) is 35.0 Å². The number of aromatic nitrogens is 3. The van der Waals surface area contributed by atoms with Crippen LogP contribution in [0.4, 0.5) is 0 Å². The van der Waals surface area contributed by atoms with Gasteiger partial charge in [0.2, 0.25) is 5.89 Å². The Hall–Kier alpha value is -2.80. The van der Waals surface area contributed by atoms with Gasteiger partial charge in [-0.1, -0.05) is 0 Å². The van der Waals surface area contributed by atoms with E-state index in [1.165, 1.54) is 0 Å². The lowest BCUT2D eigenvalue weighted by Crippen LogP contribution is -2.47. The third-order valence-electron chi connectivity index (χ3n) is 5.11. The zero-order chi connectivity index (χ0) is 19.0. The summed E-state index contributed by atoms with van der Waals surface area (Å²) in [6.45, 7) is 6.62. The second-order valence-electron chi connectivity index (χ2n) is 6.83. The van der Waals surface area contributed by atoms with Gasteiger partial charge in [-0.15, -0.1) is 0 Å². The van der Waals surface area contributed by atoms with E-state index in [1.54, 1.807) is 14.2 Å². The molecule has 1 aliphatic heterocycles. The largest absolute Gasteiger partial charge is 0.496 e. The molecule has 0 spiro atoms. The third kappa shape index (κ3) is 3.19. The molecule has 1 fully saturated rings. The molecule has 142 valence electrons. The monoisotopic (exact) mass is 368 g/mol. The highest BCUT2D eigenvalue weighted by atomic mass is 16.5. The normalized spacial score (nSPS) is 15.0. The average Bonchev–Trinajstić information content (AvgIpc) is 3.27. The molecule has 0 radical (unpaired) electrons. The molecule has 7 nitrogen and oxygen atoms in total. The molecular weight excluding hydrogens is 344 g/mol. The molecular formula is C20H24N4O3. The van der Waals surface area contributed by atoms with Gasteiger partial charge in [-0.05, 0) is 32.0 Å². The van der Waals surface area contributed by atoms with Crippen LogP contribution in [-0.2, 0) is 6.54 Å². The van der Waals surface area contributed by atoms with Crippen molar-refractivity contribution < 1.29 is 13.9 Å². The molecule has 0 amide bonds. The highest BCUT2D eigenvalue weighted by Crippen LogP contribution is 2.38. The van der Waals surface area contributed by atoms with Gasteiger partial charge in [0.25, 0.3) is 0 Å². The number of rotatable bonds is 6. The van der Waals surface area contributed by atoms with Crippen LogP contribution in [0.1, 0.15) is 23.1 Å². The molecule has 3 aromatic rings. The zero-order valence-corrected chi connectivity index (χ0v) is 16.1. The van der Waals surface area contributed by atoms with Crippen molar-refractivity contribution in [1.82, 2.24) is 19.7 Å². The van der Waals surface area contributed by atoms with E-state index in [4.69, 9.17) is 18.9 Å². The molecule has 0 bridgehead atoms. The maximum atomic E-state index is 5.96. The first-order valence-corrected chi connectivity index (χ1v) is 9.00. The Labute approximate surface area is 158 Å². The molecule has 27 heavy (non-hydrogen) atoms. The number of oxazole rings is 1. The van der Waals surface area contributed by atoms with Gasteiger partial charge in [0, 0.05) is 37.6 Å². The van der Waals surface area contributed by atoms with Gasteiger partial charge in [-0.2, -0.15) is 5.10 Å². The smallest absolute Gasteiger partial charge is 0.230 e. The summed E-state index contributed by atoms with van der Waals surface area (Å²) in [4.78, 5) is 7.09. The standard InChI is InChI=1S/C20H24N4O3/c1-13-18(25-3)7-6-16(19(13)26-4)20-22-17(14(2)27-20)12-23-10-15(11-23)24-9-5-8-21-24/h5-9,15H,10-12H2,1-4H3. The SMILES string of the molecule is COc1ccc(-c2nc(CN3CC(n4cccn4)C3)c(C)o2)c(OC)c1C. The van der Waals surface area contributed by atoms with Crippen LogP contribution < -0.4 is 9.47 Å². The molecule has 1 aliphatic rings. The highest BCUT2D eigenvalue weighted by Gasteiger charge is 2.30. The predicted molar refractivity (Wildman–Crippen MR) is 101 cm³/mol. The number of likely N-dealkylation sites (tertiary alicyclic amines) is 1. The molecule has 3 heterocycles. The summed E-state index contributed by atoms with van der Waals surface area (Å²) in [6, 6.07) is 6.24. The Morgan fingerprint density at radius 3 is 2.67 bits per heavy atom. The van der Waals surface area contributed by atoms with Gasteiger partial charge in [-0.3, -0.25) is 9.58 Å². The lowest BCUT2D eigenvalue weighted by Gasteiger charge is -2.38. The number of hydrogen-bond acceptors (Lipinski definition) is 6. The Bertz CT molecular complexity index is 927. The first kappa shape index (κ1) is 17.6. The fraction of sp³-hybridized carbons (Fsp3) is 0.400. The van der Waals surface area contributed by atoms with Crippen LogP contribution in [0.5, 0.6) is 11.5 Å². The molecule has 0 saturated carbocycles. The van der Waals surface area contributed by atoms with Crippen LogP contribution in [0.2, 0.25) is 0 Å². The fourth-order valence-electron chi connectivity index (χ4n) is 3.56. The van der Waals surface area contributed by atoms with Gasteiger partial charge in [-0.25, -0.2) is 4.98 Å². The topological polar surface area (TPSA) is 65.5 Å². The Kier molecular flexibility index (Phi) is 4.61. The number of hydrogen-bond donors (Lipinski definition) is 0. The number of benzene rings is 1. The molecule has 7 heteroatoms. The minimum Gasteiger partial charge on any atom is -0.496 e. The van der Waals surface area contributed by atoms with E-state index in [1.807, 2.05) is 49.1 Å². The summed E-state index contributed by atoms with van der Waals surface area (Å²) in [6.07, 6.45) is 3.83. The second kappa shape index (κ2) is 7.08. The van der Waals surface area contributed by atoms with E-state index >= 15 is 0 Å². The van der Waals surface area contributed by atoms with Crippen molar-refractivity contribution in [3.8, 4) is 23.0 Å². The van der Waals surface area contributed by atoms with Crippen molar-refractivity contribution in [2.45, 2.75) is 26.4 Å². The minimum absolute atomic E-state index is 0.441. The van der Waals surface area contributed by atoms with Gasteiger partial charge in [0.15, 0.2) is 0 Å². The van der Waals surface area contributed by atoms with Crippen molar-refractivity contribution in [3.05, 3.63) is 47.6 Å². The number of aryl methyl sites for hydroxylation is 1. The van der Waals surface area contributed by atoms with Gasteiger partial charge in [0.1, 0.15) is 17.3 Å². The molecule has 0 aliphatic carbocycles. The van der Waals surface area contributed by atoms with Crippen molar-refractivity contribution in [3.63, 3.8) is 0 Å². The van der Waals surface area contributed by atoms with Crippen molar-refractivity contribution >= 4 is 0 Å². The molecule has 0 atom stereocenters. The Balaban J connectivity index is 1.52. The van der Waals surface area contributed by atoms with Gasteiger partial charge in [0.05, 0.1) is 31.5 Å².